The Labute approximate surface area is 227 Å². The van der Waals surface area contributed by atoms with E-state index in [9.17, 15) is 34.5 Å². The molecule has 2 aliphatic rings. The van der Waals surface area contributed by atoms with Crippen LogP contribution in [0.3, 0.4) is 0 Å². The Morgan fingerprint density at radius 3 is 2.47 bits per heavy atom. The number of nitrogens with one attached hydrogen (secondary N) is 1. The number of carbonyl (C=O) groups excluding carboxylic acids is 3. The van der Waals surface area contributed by atoms with Gasteiger partial charge in [-0.25, -0.2) is 4.79 Å². The van der Waals surface area contributed by atoms with Crippen LogP contribution >= 0.6 is 0 Å². The molecule has 0 radical (unpaired) electrons. The summed E-state index contributed by atoms with van der Waals surface area (Å²) in [5, 5.41) is 32.9. The standard InChI is InChI=1S/C30H49NO7/c1-4-5-8-20-11-12-21(16-20)26(33)14-13-23-24(28(35)18-27(23)34)17-22(32)9-6-7-10-29(36)31-25(30(37)38)15-19(2)3/h13-14,19-21,23-27,33-34H,4-12,15-18H2,1-3H3,(H,31,36)(H,37,38)/t20-,21-,23+,24+,25-,26-,27+/m0/s1. The van der Waals surface area contributed by atoms with Crippen LogP contribution in [0.15, 0.2) is 12.2 Å². The molecular formula is C30H49NO7. The van der Waals surface area contributed by atoms with Crippen LogP contribution in [-0.2, 0) is 19.2 Å². The van der Waals surface area contributed by atoms with E-state index in [0.29, 0.717) is 25.2 Å². The molecule has 0 aromatic carbocycles. The van der Waals surface area contributed by atoms with Crippen molar-refractivity contribution in [1.82, 2.24) is 5.32 Å². The van der Waals surface area contributed by atoms with Gasteiger partial charge in [0.15, 0.2) is 0 Å². The first-order valence-corrected chi connectivity index (χ1v) is 14.6. The maximum Gasteiger partial charge on any atom is 0.326 e. The van der Waals surface area contributed by atoms with Crippen molar-refractivity contribution in [3.63, 3.8) is 0 Å². The van der Waals surface area contributed by atoms with E-state index in [2.05, 4.69) is 12.2 Å². The number of Topliss-reactive ketones (excluding diaryl/α,β-unsaturated/α-hetero) is 2. The number of amides is 1. The summed E-state index contributed by atoms with van der Waals surface area (Å²) in [7, 11) is 0. The summed E-state index contributed by atoms with van der Waals surface area (Å²) in [5.74, 6) is -1.67. The van der Waals surface area contributed by atoms with Crippen molar-refractivity contribution in [1.29, 1.82) is 0 Å². The number of unbranched alkanes of at least 4 members (excludes halogenated alkanes) is 2. The third kappa shape index (κ3) is 10.6. The molecule has 4 N–H and O–H groups in total. The first-order chi connectivity index (χ1) is 18.0. The topological polar surface area (TPSA) is 141 Å². The van der Waals surface area contributed by atoms with Crippen molar-refractivity contribution in [2.75, 3.05) is 0 Å². The molecule has 0 spiro atoms. The lowest BCUT2D eigenvalue weighted by Gasteiger charge is -2.19. The molecule has 2 rings (SSSR count). The largest absolute Gasteiger partial charge is 0.480 e. The van der Waals surface area contributed by atoms with Gasteiger partial charge in [-0.1, -0.05) is 58.6 Å². The molecule has 0 aliphatic heterocycles. The summed E-state index contributed by atoms with van der Waals surface area (Å²) in [6, 6.07) is -0.913. The second-order valence-corrected chi connectivity index (χ2v) is 11.9. The third-order valence-electron chi connectivity index (χ3n) is 8.19. The summed E-state index contributed by atoms with van der Waals surface area (Å²) in [6.45, 7) is 5.97. The number of aliphatic hydroxyl groups is 2. The molecular weight excluding hydrogens is 486 g/mol. The van der Waals surface area contributed by atoms with Gasteiger partial charge in [0.1, 0.15) is 17.6 Å². The van der Waals surface area contributed by atoms with E-state index in [1.165, 1.54) is 19.3 Å². The first-order valence-electron chi connectivity index (χ1n) is 14.6. The van der Waals surface area contributed by atoms with Crippen LogP contribution in [0.2, 0.25) is 0 Å². The Morgan fingerprint density at radius 2 is 1.82 bits per heavy atom. The normalized spacial score (nSPS) is 27.2. The van der Waals surface area contributed by atoms with Gasteiger partial charge < -0.3 is 20.6 Å². The van der Waals surface area contributed by atoms with Crippen LogP contribution in [0.4, 0.5) is 0 Å². The number of aliphatic carboxylic acids is 1. The van der Waals surface area contributed by atoms with Crippen molar-refractivity contribution in [2.24, 2.45) is 29.6 Å². The van der Waals surface area contributed by atoms with Crippen LogP contribution < -0.4 is 5.32 Å². The molecule has 216 valence electrons. The number of carboxylic acids is 1. The Morgan fingerprint density at radius 1 is 1.11 bits per heavy atom. The molecule has 2 fully saturated rings. The van der Waals surface area contributed by atoms with E-state index in [-0.39, 0.29) is 55.0 Å². The molecule has 0 unspecified atom stereocenters. The lowest BCUT2D eigenvalue weighted by atomic mass is 9.87. The Kier molecular flexibility index (Phi) is 13.7. The Balaban J connectivity index is 1.78. The minimum atomic E-state index is -1.05. The van der Waals surface area contributed by atoms with Crippen molar-refractivity contribution in [3.8, 4) is 0 Å². The lowest BCUT2D eigenvalue weighted by Crippen LogP contribution is -2.41. The minimum absolute atomic E-state index is 0.0207. The molecule has 2 saturated carbocycles. The first kappa shape index (κ1) is 32.2. The highest BCUT2D eigenvalue weighted by atomic mass is 16.4. The summed E-state index contributed by atoms with van der Waals surface area (Å²) in [4.78, 5) is 48.5. The summed E-state index contributed by atoms with van der Waals surface area (Å²) in [6.07, 6.45) is 10.4. The number of carboxylic acid groups (broad SMARTS) is 1. The molecule has 38 heavy (non-hydrogen) atoms. The van der Waals surface area contributed by atoms with Crippen LogP contribution in [0.25, 0.3) is 0 Å². The monoisotopic (exact) mass is 535 g/mol. The van der Waals surface area contributed by atoms with Crippen LogP contribution in [-0.4, -0.2) is 57.0 Å². The van der Waals surface area contributed by atoms with E-state index in [4.69, 9.17) is 0 Å². The number of hydrogen-bond acceptors (Lipinski definition) is 6. The van der Waals surface area contributed by atoms with E-state index < -0.39 is 36.1 Å². The minimum Gasteiger partial charge on any atom is -0.480 e. The second-order valence-electron chi connectivity index (χ2n) is 11.9. The molecule has 1 amide bonds. The zero-order valence-electron chi connectivity index (χ0n) is 23.4. The predicted molar refractivity (Wildman–Crippen MR) is 145 cm³/mol. The highest BCUT2D eigenvalue weighted by molar-refractivity contribution is 5.90. The average molecular weight is 536 g/mol. The summed E-state index contributed by atoms with van der Waals surface area (Å²) >= 11 is 0. The number of aliphatic hydroxyl groups excluding tert-OH is 2. The van der Waals surface area contributed by atoms with Gasteiger partial charge in [0.25, 0.3) is 0 Å². The smallest absolute Gasteiger partial charge is 0.326 e. The average Bonchev–Trinajstić information content (AvgIpc) is 3.42. The van der Waals surface area contributed by atoms with Gasteiger partial charge in [0.2, 0.25) is 5.91 Å². The maximum atomic E-state index is 12.6. The number of carbonyl (C=O) groups is 4. The molecule has 0 bridgehead atoms. The molecule has 0 aromatic rings. The van der Waals surface area contributed by atoms with E-state index in [1.54, 1.807) is 12.2 Å². The van der Waals surface area contributed by atoms with Gasteiger partial charge >= 0.3 is 5.97 Å². The van der Waals surface area contributed by atoms with Crippen LogP contribution in [0.1, 0.15) is 104 Å². The molecule has 0 aromatic heterocycles. The zero-order chi connectivity index (χ0) is 28.2. The number of rotatable bonds is 17. The molecule has 0 saturated heterocycles. The summed E-state index contributed by atoms with van der Waals surface area (Å²) in [5.41, 5.74) is 0. The quantitative estimate of drug-likeness (QED) is 0.161. The van der Waals surface area contributed by atoms with E-state index in [1.807, 2.05) is 13.8 Å². The summed E-state index contributed by atoms with van der Waals surface area (Å²) < 4.78 is 0. The van der Waals surface area contributed by atoms with Crippen LogP contribution in [0, 0.1) is 29.6 Å². The van der Waals surface area contributed by atoms with Crippen molar-refractivity contribution < 1.29 is 34.5 Å². The highest BCUT2D eigenvalue weighted by Gasteiger charge is 2.41. The van der Waals surface area contributed by atoms with Gasteiger partial charge in [-0.15, -0.1) is 0 Å². The fraction of sp³-hybridized carbons (Fsp3) is 0.800. The second kappa shape index (κ2) is 16.1. The van der Waals surface area contributed by atoms with Gasteiger partial charge in [-0.05, 0) is 49.9 Å². The molecule has 7 atom stereocenters. The van der Waals surface area contributed by atoms with Crippen molar-refractivity contribution in [2.45, 2.75) is 122 Å². The van der Waals surface area contributed by atoms with Gasteiger partial charge in [0.05, 0.1) is 12.2 Å². The van der Waals surface area contributed by atoms with Gasteiger partial charge in [-0.3, -0.25) is 14.4 Å². The van der Waals surface area contributed by atoms with Gasteiger partial charge in [-0.2, -0.15) is 0 Å². The maximum absolute atomic E-state index is 12.6. The van der Waals surface area contributed by atoms with Crippen molar-refractivity contribution >= 4 is 23.4 Å². The molecule has 2 aliphatic carbocycles. The fourth-order valence-corrected chi connectivity index (χ4v) is 5.98. The lowest BCUT2D eigenvalue weighted by molar-refractivity contribution is -0.142. The number of ketones is 2. The Bertz CT molecular complexity index is 823. The predicted octanol–water partition coefficient (Wildman–Crippen LogP) is 4.21. The molecule has 8 heteroatoms. The molecule has 8 nitrogen and oxygen atoms in total. The van der Waals surface area contributed by atoms with Crippen molar-refractivity contribution in [3.05, 3.63) is 12.2 Å². The molecule has 0 heterocycles. The van der Waals surface area contributed by atoms with E-state index in [0.717, 1.165) is 19.3 Å². The van der Waals surface area contributed by atoms with E-state index >= 15 is 0 Å². The number of hydrogen-bond donors (Lipinski definition) is 4. The van der Waals surface area contributed by atoms with Crippen LogP contribution in [0.5, 0.6) is 0 Å². The SMILES string of the molecule is CCCC[C@H]1CC[C@H]([C@@H](O)C=C[C@H]2[C@H](O)CC(=O)[C@@H]2CC(=O)CCCCC(=O)N[C@@H](CC(C)C)C(=O)O)C1. The highest BCUT2D eigenvalue weighted by Crippen LogP contribution is 2.38. The van der Waals surface area contributed by atoms with Gasteiger partial charge in [0, 0.05) is 37.5 Å². The Hall–Kier alpha value is -2.06. The fourth-order valence-electron chi connectivity index (χ4n) is 5.98. The zero-order valence-corrected chi connectivity index (χ0v) is 23.4. The third-order valence-corrected chi connectivity index (χ3v) is 8.19.